The Morgan fingerprint density at radius 3 is 2.50 bits per heavy atom. The molecule has 2 aromatic heterocycles. The fourth-order valence-electron chi connectivity index (χ4n) is 2.36. The molecule has 0 aromatic carbocycles. The summed E-state index contributed by atoms with van der Waals surface area (Å²) < 4.78 is 44.9. The van der Waals surface area contributed by atoms with E-state index >= 15 is 0 Å². The van der Waals surface area contributed by atoms with Crippen molar-refractivity contribution in [3.05, 3.63) is 18.3 Å². The van der Waals surface area contributed by atoms with E-state index in [0.717, 1.165) is 17.2 Å². The van der Waals surface area contributed by atoms with Crippen LogP contribution in [-0.4, -0.2) is 59.8 Å². The summed E-state index contributed by atoms with van der Waals surface area (Å²) in [6.45, 7) is -0.551. The van der Waals surface area contributed by atoms with E-state index in [1.807, 2.05) is 0 Å². The van der Waals surface area contributed by atoms with Crippen molar-refractivity contribution in [2.45, 2.75) is 30.7 Å². The van der Waals surface area contributed by atoms with Crippen LogP contribution in [0.3, 0.4) is 0 Å². The lowest BCUT2D eigenvalue weighted by atomic mass is 10.1. The first-order valence-electron chi connectivity index (χ1n) is 6.21. The molecule has 3 N–H and O–H groups in total. The van der Waals surface area contributed by atoms with Crippen LogP contribution in [0.4, 0.5) is 13.2 Å². The molecule has 0 amide bonds. The quantitative estimate of drug-likeness (QED) is 0.681. The highest BCUT2D eigenvalue weighted by Gasteiger charge is 2.44. The molecule has 0 radical (unpaired) electrons. The third-order valence-corrected chi connectivity index (χ3v) is 3.42. The second kappa shape index (κ2) is 5.12. The minimum atomic E-state index is -4.71. The number of hydrogen-bond acceptors (Lipinski definition) is 7. The first-order chi connectivity index (χ1) is 10.3. The highest BCUT2D eigenvalue weighted by atomic mass is 19.4. The van der Waals surface area contributed by atoms with E-state index in [9.17, 15) is 23.4 Å². The van der Waals surface area contributed by atoms with E-state index in [1.54, 1.807) is 0 Å². The number of aliphatic hydroxyl groups is 3. The van der Waals surface area contributed by atoms with Crippen LogP contribution in [0.5, 0.6) is 0 Å². The Morgan fingerprint density at radius 2 is 1.91 bits per heavy atom. The van der Waals surface area contributed by atoms with E-state index in [0.29, 0.717) is 0 Å². The van der Waals surface area contributed by atoms with Crippen molar-refractivity contribution >= 4 is 11.2 Å². The molecule has 1 aliphatic heterocycles. The van der Waals surface area contributed by atoms with Gasteiger partial charge in [0.15, 0.2) is 17.6 Å². The number of fused-ring (bicyclic) bond motifs is 1. The maximum atomic E-state index is 12.9. The molecule has 0 aliphatic carbocycles. The summed E-state index contributed by atoms with van der Waals surface area (Å²) in [5.41, 5.74) is -1.90. The zero-order valence-electron chi connectivity index (χ0n) is 10.8. The van der Waals surface area contributed by atoms with Crippen molar-refractivity contribution in [2.75, 3.05) is 6.61 Å². The first kappa shape index (κ1) is 15.1. The molecule has 8 nitrogen and oxygen atoms in total. The van der Waals surface area contributed by atoms with Crippen LogP contribution < -0.4 is 0 Å². The fraction of sp³-hybridized carbons (Fsp3) is 0.545. The second-order valence-corrected chi connectivity index (χ2v) is 4.77. The van der Waals surface area contributed by atoms with Gasteiger partial charge in [0.2, 0.25) is 0 Å². The molecule has 0 bridgehead atoms. The lowest BCUT2D eigenvalue weighted by Crippen LogP contribution is -2.33. The summed E-state index contributed by atoms with van der Waals surface area (Å²) in [6.07, 6.45) is -8.06. The predicted octanol–water partition coefficient (Wildman–Crippen LogP) is -0.543. The van der Waals surface area contributed by atoms with E-state index in [2.05, 4.69) is 15.0 Å². The Bertz CT molecular complexity index is 692. The van der Waals surface area contributed by atoms with Crippen molar-refractivity contribution in [3.63, 3.8) is 0 Å². The number of halogens is 3. The van der Waals surface area contributed by atoms with Gasteiger partial charge in [0.1, 0.15) is 30.2 Å². The number of rotatable bonds is 2. The van der Waals surface area contributed by atoms with Gasteiger partial charge in [0, 0.05) is 0 Å². The zero-order chi connectivity index (χ0) is 16.1. The lowest BCUT2D eigenvalue weighted by Gasteiger charge is -2.16. The van der Waals surface area contributed by atoms with Crippen LogP contribution in [-0.2, 0) is 10.9 Å². The molecule has 3 rings (SSSR count). The van der Waals surface area contributed by atoms with Gasteiger partial charge >= 0.3 is 6.18 Å². The minimum absolute atomic E-state index is 0.197. The van der Waals surface area contributed by atoms with Crippen LogP contribution in [0.1, 0.15) is 11.9 Å². The summed E-state index contributed by atoms with van der Waals surface area (Å²) in [6, 6.07) is 0. The number of imidazole rings is 1. The third kappa shape index (κ3) is 2.22. The van der Waals surface area contributed by atoms with Crippen LogP contribution in [0.2, 0.25) is 0 Å². The molecule has 11 heteroatoms. The van der Waals surface area contributed by atoms with E-state index in [-0.39, 0.29) is 5.65 Å². The van der Waals surface area contributed by atoms with Crippen molar-refractivity contribution in [2.24, 2.45) is 0 Å². The van der Waals surface area contributed by atoms with Crippen molar-refractivity contribution in [1.82, 2.24) is 19.5 Å². The van der Waals surface area contributed by atoms with Gasteiger partial charge in [-0.2, -0.15) is 13.2 Å². The number of hydrogen-bond donors (Lipinski definition) is 3. The van der Waals surface area contributed by atoms with Gasteiger partial charge in [-0.25, -0.2) is 15.0 Å². The van der Waals surface area contributed by atoms with Crippen molar-refractivity contribution in [1.29, 1.82) is 0 Å². The molecule has 1 saturated heterocycles. The van der Waals surface area contributed by atoms with Crippen molar-refractivity contribution < 1.29 is 33.2 Å². The summed E-state index contributed by atoms with van der Waals surface area (Å²) in [7, 11) is 0. The Kier molecular flexibility index (Phi) is 3.51. The van der Waals surface area contributed by atoms with E-state index in [1.165, 1.54) is 0 Å². The molecule has 3 heterocycles. The van der Waals surface area contributed by atoms with Crippen LogP contribution in [0.15, 0.2) is 12.7 Å². The number of aromatic nitrogens is 4. The summed E-state index contributed by atoms with van der Waals surface area (Å²) >= 11 is 0. The van der Waals surface area contributed by atoms with Gasteiger partial charge in [-0.05, 0) is 0 Å². The minimum Gasteiger partial charge on any atom is -0.394 e. The molecule has 2 aromatic rings. The average molecular weight is 320 g/mol. The molecule has 1 fully saturated rings. The molecule has 0 saturated carbocycles. The largest absolute Gasteiger partial charge is 0.435 e. The maximum absolute atomic E-state index is 12.9. The highest BCUT2D eigenvalue weighted by molar-refractivity contribution is 5.73. The van der Waals surface area contributed by atoms with E-state index < -0.39 is 48.5 Å². The maximum Gasteiger partial charge on any atom is 0.435 e. The monoisotopic (exact) mass is 320 g/mol. The molecular formula is C11H11F3N4O4. The summed E-state index contributed by atoms with van der Waals surface area (Å²) in [5, 5.41) is 28.7. The van der Waals surface area contributed by atoms with Gasteiger partial charge in [-0.1, -0.05) is 0 Å². The Labute approximate surface area is 120 Å². The van der Waals surface area contributed by atoms with Crippen molar-refractivity contribution in [3.8, 4) is 0 Å². The highest BCUT2D eigenvalue weighted by Crippen LogP contribution is 2.35. The zero-order valence-corrected chi connectivity index (χ0v) is 10.8. The molecule has 4 atom stereocenters. The molecule has 0 unspecified atom stereocenters. The normalized spacial score (nSPS) is 29.4. The van der Waals surface area contributed by atoms with Gasteiger partial charge in [-0.3, -0.25) is 4.57 Å². The topological polar surface area (TPSA) is 114 Å². The number of nitrogens with zero attached hydrogens (tertiary/aromatic N) is 4. The van der Waals surface area contributed by atoms with Gasteiger partial charge in [-0.15, -0.1) is 0 Å². The summed E-state index contributed by atoms with van der Waals surface area (Å²) in [5.74, 6) is 0. The molecule has 120 valence electrons. The molecular weight excluding hydrogens is 309 g/mol. The van der Waals surface area contributed by atoms with Crippen LogP contribution in [0.25, 0.3) is 11.2 Å². The number of alkyl halides is 3. The Hall–Kier alpha value is -1.82. The average Bonchev–Trinajstić information content (AvgIpc) is 3.00. The fourth-order valence-corrected chi connectivity index (χ4v) is 2.36. The van der Waals surface area contributed by atoms with Gasteiger partial charge < -0.3 is 20.1 Å². The smallest absolute Gasteiger partial charge is 0.394 e. The Morgan fingerprint density at radius 1 is 1.18 bits per heavy atom. The third-order valence-electron chi connectivity index (χ3n) is 3.42. The molecule has 22 heavy (non-hydrogen) atoms. The molecule has 0 spiro atoms. The second-order valence-electron chi connectivity index (χ2n) is 4.77. The number of ether oxygens (including phenoxy) is 1. The molecule has 1 aliphatic rings. The van der Waals surface area contributed by atoms with Crippen LogP contribution >= 0.6 is 0 Å². The Balaban J connectivity index is 2.07. The van der Waals surface area contributed by atoms with Gasteiger partial charge in [0.25, 0.3) is 0 Å². The summed E-state index contributed by atoms with van der Waals surface area (Å²) in [4.78, 5) is 10.5. The van der Waals surface area contributed by atoms with Gasteiger partial charge in [0.05, 0.1) is 12.9 Å². The standard InChI is InChI=1S/C11H11F3N4O4/c12-11(13,14)8-5-9(16-2-15-8)18(3-17-5)10-7(21)6(20)4(1-19)22-10/h2-4,6-7,10,19-21H,1H2/t4-,6-,7-,10-/m1/s1. The predicted molar refractivity (Wildman–Crippen MR) is 63.3 cm³/mol. The SMILES string of the molecule is OC[C@H]1O[C@@H](n2cnc3c(C(F)(F)F)ncnc32)[C@H](O)[C@@H]1O. The first-order valence-corrected chi connectivity index (χ1v) is 6.21. The lowest BCUT2D eigenvalue weighted by molar-refractivity contribution is -0.140. The van der Waals surface area contributed by atoms with Crippen LogP contribution in [0, 0.1) is 0 Å². The van der Waals surface area contributed by atoms with E-state index in [4.69, 9.17) is 9.84 Å². The number of aliphatic hydroxyl groups excluding tert-OH is 3.